The molecule has 3 N–H and O–H groups in total. The summed E-state index contributed by atoms with van der Waals surface area (Å²) in [6, 6.07) is 6.54. The van der Waals surface area contributed by atoms with Crippen LogP contribution in [0.5, 0.6) is 0 Å². The number of aliphatic hydroxyl groups is 1. The number of carbonyl (C=O) groups excluding carboxylic acids is 1. The normalized spacial score (nSPS) is 12.1. The van der Waals surface area contributed by atoms with E-state index in [0.29, 0.717) is 3.57 Å². The van der Waals surface area contributed by atoms with Gasteiger partial charge in [0.2, 0.25) is 0 Å². The first-order chi connectivity index (χ1) is 12.7. The molecule has 0 fully saturated rings. The third kappa shape index (κ3) is 6.00. The molecule has 0 saturated carbocycles. The highest BCUT2D eigenvalue weighted by atomic mass is 127. The van der Waals surface area contributed by atoms with Crippen molar-refractivity contribution in [2.45, 2.75) is 20.0 Å². The molecule has 0 spiro atoms. The molecule has 146 valence electrons. The first-order valence-electron chi connectivity index (χ1n) is 8.00. The van der Waals surface area contributed by atoms with Gasteiger partial charge in [0.25, 0.3) is 5.91 Å². The minimum Gasteiger partial charge on any atom is -0.390 e. The van der Waals surface area contributed by atoms with Crippen LogP contribution >= 0.6 is 34.2 Å². The smallest absolute Gasteiger partial charge is 0.277 e. The standard InChI is InChI=1S/C18H18ClF2IN2O3/c1-9(2)17(25)8-27-24-18(26)11-6-12(19)13(20)7-16(11)23-15-4-3-10(22)5-14(15)21/h3-7,9,17,23,25H,8H2,1-2H3,(H,24,26). The molecule has 0 radical (unpaired) electrons. The summed E-state index contributed by atoms with van der Waals surface area (Å²) in [6.45, 7) is 3.48. The molecule has 0 bridgehead atoms. The van der Waals surface area contributed by atoms with Crippen LogP contribution in [0.4, 0.5) is 20.2 Å². The lowest BCUT2D eigenvalue weighted by Gasteiger charge is -2.16. The summed E-state index contributed by atoms with van der Waals surface area (Å²) >= 11 is 7.73. The van der Waals surface area contributed by atoms with E-state index in [1.54, 1.807) is 19.9 Å². The van der Waals surface area contributed by atoms with Gasteiger partial charge in [0.15, 0.2) is 0 Å². The van der Waals surface area contributed by atoms with E-state index < -0.39 is 23.6 Å². The zero-order valence-corrected chi connectivity index (χ0v) is 17.4. The predicted octanol–water partition coefficient (Wildman–Crippen LogP) is 4.64. The molecular formula is C18H18ClF2IN2O3. The van der Waals surface area contributed by atoms with Crippen LogP contribution in [0.2, 0.25) is 5.02 Å². The number of hydroxylamine groups is 1. The zero-order valence-electron chi connectivity index (χ0n) is 14.5. The fourth-order valence-electron chi connectivity index (χ4n) is 2.01. The van der Waals surface area contributed by atoms with Crippen LogP contribution in [0.3, 0.4) is 0 Å². The Morgan fingerprint density at radius 3 is 2.56 bits per heavy atom. The molecule has 5 nitrogen and oxygen atoms in total. The van der Waals surface area contributed by atoms with Crippen LogP contribution in [-0.2, 0) is 4.84 Å². The monoisotopic (exact) mass is 510 g/mol. The SMILES string of the molecule is CC(C)C(O)CONC(=O)c1cc(Cl)c(F)cc1Nc1ccc(I)cc1F. The molecule has 27 heavy (non-hydrogen) atoms. The summed E-state index contributed by atoms with van der Waals surface area (Å²) < 4.78 is 28.6. The molecule has 2 rings (SSSR count). The van der Waals surface area contributed by atoms with Crippen molar-refractivity contribution in [1.29, 1.82) is 0 Å². The first-order valence-corrected chi connectivity index (χ1v) is 9.46. The predicted molar refractivity (Wildman–Crippen MR) is 108 cm³/mol. The average Bonchev–Trinajstić information content (AvgIpc) is 2.59. The number of halogens is 4. The van der Waals surface area contributed by atoms with E-state index in [9.17, 15) is 18.7 Å². The minimum atomic E-state index is -0.766. The zero-order chi connectivity index (χ0) is 20.1. The van der Waals surface area contributed by atoms with Gasteiger partial charge in [0.05, 0.1) is 28.1 Å². The van der Waals surface area contributed by atoms with Crippen molar-refractivity contribution in [3.8, 4) is 0 Å². The second kappa shape index (κ2) is 9.63. The number of benzene rings is 2. The Morgan fingerprint density at radius 1 is 1.22 bits per heavy atom. The summed E-state index contributed by atoms with van der Waals surface area (Å²) in [7, 11) is 0. The van der Waals surface area contributed by atoms with Crippen LogP contribution < -0.4 is 10.8 Å². The fraction of sp³-hybridized carbons (Fsp3) is 0.278. The van der Waals surface area contributed by atoms with Gasteiger partial charge in [0, 0.05) is 3.57 Å². The molecule has 1 amide bonds. The third-order valence-corrected chi connectivity index (χ3v) is 4.65. The van der Waals surface area contributed by atoms with Gasteiger partial charge in [-0.25, -0.2) is 14.3 Å². The van der Waals surface area contributed by atoms with Gasteiger partial charge in [-0.1, -0.05) is 25.4 Å². The Labute approximate surface area is 174 Å². The largest absolute Gasteiger partial charge is 0.390 e. The van der Waals surface area contributed by atoms with Crippen LogP contribution in [-0.4, -0.2) is 23.7 Å². The lowest BCUT2D eigenvalue weighted by molar-refractivity contribution is -0.0268. The molecule has 0 aliphatic carbocycles. The third-order valence-electron chi connectivity index (χ3n) is 3.69. The lowest BCUT2D eigenvalue weighted by atomic mass is 10.1. The van der Waals surface area contributed by atoms with Crippen LogP contribution in [0.1, 0.15) is 24.2 Å². The molecule has 0 heterocycles. The maximum absolute atomic E-state index is 14.1. The Hall–Kier alpha value is -1.49. The number of aliphatic hydroxyl groups excluding tert-OH is 1. The Morgan fingerprint density at radius 2 is 1.93 bits per heavy atom. The first kappa shape index (κ1) is 21.8. The molecule has 0 saturated heterocycles. The van der Waals surface area contributed by atoms with E-state index in [4.69, 9.17) is 16.4 Å². The molecule has 0 aromatic heterocycles. The maximum atomic E-state index is 14.1. The average molecular weight is 511 g/mol. The van der Waals surface area contributed by atoms with E-state index in [-0.39, 0.29) is 34.5 Å². The van der Waals surface area contributed by atoms with Crippen LogP contribution in [0.25, 0.3) is 0 Å². The molecule has 1 atom stereocenters. The van der Waals surface area contributed by atoms with Crippen LogP contribution in [0.15, 0.2) is 30.3 Å². The molecule has 9 heteroatoms. The van der Waals surface area contributed by atoms with Gasteiger partial charge in [-0.05, 0) is 58.8 Å². The molecule has 2 aromatic rings. The maximum Gasteiger partial charge on any atom is 0.277 e. The van der Waals surface area contributed by atoms with Gasteiger partial charge in [-0.15, -0.1) is 0 Å². The second-order valence-corrected chi connectivity index (χ2v) is 7.77. The number of carbonyl (C=O) groups is 1. The van der Waals surface area contributed by atoms with E-state index in [1.165, 1.54) is 12.1 Å². The number of hydrogen-bond donors (Lipinski definition) is 3. The second-order valence-electron chi connectivity index (χ2n) is 6.11. The molecule has 0 aliphatic heterocycles. The van der Waals surface area contributed by atoms with Crippen molar-refractivity contribution in [3.63, 3.8) is 0 Å². The summed E-state index contributed by atoms with van der Waals surface area (Å²) in [5, 5.41) is 12.1. The van der Waals surface area contributed by atoms with E-state index in [1.807, 2.05) is 22.6 Å². The topological polar surface area (TPSA) is 70.6 Å². The number of anilines is 2. The summed E-state index contributed by atoms with van der Waals surface area (Å²) in [4.78, 5) is 17.4. The Balaban J connectivity index is 2.22. The van der Waals surface area contributed by atoms with Crippen molar-refractivity contribution >= 4 is 51.5 Å². The minimum absolute atomic E-state index is 0.0162. The molecular weight excluding hydrogens is 493 g/mol. The number of amides is 1. The quantitative estimate of drug-likeness (QED) is 0.375. The van der Waals surface area contributed by atoms with Crippen LogP contribution in [0, 0.1) is 21.1 Å². The Kier molecular flexibility index (Phi) is 7.78. The Bertz CT molecular complexity index is 836. The van der Waals surface area contributed by atoms with Crippen molar-refractivity contribution in [1.82, 2.24) is 5.48 Å². The highest BCUT2D eigenvalue weighted by Crippen LogP contribution is 2.28. The molecule has 0 aliphatic rings. The number of nitrogens with one attached hydrogen (secondary N) is 2. The summed E-state index contributed by atoms with van der Waals surface area (Å²) in [5.41, 5.74) is 2.21. The van der Waals surface area contributed by atoms with Gasteiger partial charge >= 0.3 is 0 Å². The molecule has 2 aromatic carbocycles. The fourth-order valence-corrected chi connectivity index (χ4v) is 2.63. The highest BCUT2D eigenvalue weighted by Gasteiger charge is 2.18. The summed E-state index contributed by atoms with van der Waals surface area (Å²) in [6.07, 6.45) is -0.763. The number of hydrogen-bond acceptors (Lipinski definition) is 4. The number of rotatable bonds is 7. The summed E-state index contributed by atoms with van der Waals surface area (Å²) in [5.74, 6) is -2.10. The van der Waals surface area contributed by atoms with Crippen molar-refractivity contribution in [3.05, 3.63) is 56.1 Å². The lowest BCUT2D eigenvalue weighted by Crippen LogP contribution is -2.31. The van der Waals surface area contributed by atoms with Gasteiger partial charge in [0.1, 0.15) is 18.2 Å². The van der Waals surface area contributed by atoms with Gasteiger partial charge in [-0.3, -0.25) is 9.63 Å². The van der Waals surface area contributed by atoms with Crippen molar-refractivity contribution in [2.75, 3.05) is 11.9 Å². The molecule has 1 unspecified atom stereocenters. The van der Waals surface area contributed by atoms with E-state index in [0.717, 1.165) is 12.1 Å². The van der Waals surface area contributed by atoms with Crippen molar-refractivity contribution < 1.29 is 23.5 Å². The van der Waals surface area contributed by atoms with Crippen molar-refractivity contribution in [2.24, 2.45) is 5.92 Å². The van der Waals surface area contributed by atoms with E-state index in [2.05, 4.69) is 10.8 Å². The van der Waals surface area contributed by atoms with E-state index >= 15 is 0 Å². The van der Waals surface area contributed by atoms with Gasteiger partial charge in [-0.2, -0.15) is 0 Å². The highest BCUT2D eigenvalue weighted by molar-refractivity contribution is 14.1. The van der Waals surface area contributed by atoms with Gasteiger partial charge < -0.3 is 10.4 Å².